The predicted molar refractivity (Wildman–Crippen MR) is 83.9 cm³/mol. The average molecular weight is 306 g/mol. The Bertz CT molecular complexity index is 505. The predicted octanol–water partition coefficient (Wildman–Crippen LogP) is 2.40. The number of ether oxygens (including phenoxy) is 2. The normalized spacial score (nSPS) is 9.05. The molecule has 0 unspecified atom stereocenters. The van der Waals surface area contributed by atoms with Gasteiger partial charge in [0.1, 0.15) is 13.2 Å². The fourth-order valence-corrected chi connectivity index (χ4v) is 1.11. The van der Waals surface area contributed by atoms with E-state index in [0.29, 0.717) is 17.8 Å². The number of hydrogen-bond donors (Lipinski definition) is 1. The van der Waals surface area contributed by atoms with Crippen LogP contribution in [0.4, 0.5) is 0 Å². The third-order valence-corrected chi connectivity index (χ3v) is 2.23. The number of carbonyl (C=O) groups is 2. The Labute approximate surface area is 130 Å². The lowest BCUT2D eigenvalue weighted by molar-refractivity contribution is -0.140. The Hall–Kier alpha value is -2.40. The maximum Gasteiger partial charge on any atom is 0.333 e. The summed E-state index contributed by atoms with van der Waals surface area (Å²) in [6, 6.07) is 9.55. The number of carbonyl (C=O) groups excluding carboxylic acids is 2. The van der Waals surface area contributed by atoms with Crippen LogP contribution in [0.25, 0.3) is 0 Å². The van der Waals surface area contributed by atoms with Gasteiger partial charge in [0.05, 0.1) is 6.61 Å². The van der Waals surface area contributed by atoms with E-state index in [2.05, 4.69) is 17.9 Å². The molecule has 5 nitrogen and oxygen atoms in total. The molecule has 0 heterocycles. The minimum absolute atomic E-state index is 0.0473. The van der Waals surface area contributed by atoms with Gasteiger partial charge in [-0.05, 0) is 19.4 Å². The highest BCUT2D eigenvalue weighted by Gasteiger charge is 2.02. The standard InChI is InChI=1S/C11H12O2.C6H10O3/c1-9(2)11(12)13-8-10-6-4-3-5-7-10;1-5(2)6(8)9-4-3-7/h3-7H,1,8H2,2H3;7H,1,3-4H2,2H3. The lowest BCUT2D eigenvalue weighted by Crippen LogP contribution is -2.08. The van der Waals surface area contributed by atoms with Crippen molar-refractivity contribution in [2.24, 2.45) is 0 Å². The molecule has 0 atom stereocenters. The molecule has 1 rings (SSSR count). The molecule has 1 N–H and O–H groups in total. The van der Waals surface area contributed by atoms with Crippen molar-refractivity contribution < 1.29 is 24.2 Å². The second-order valence-electron chi connectivity index (χ2n) is 4.48. The SMILES string of the molecule is C=C(C)C(=O)OCCO.C=C(C)C(=O)OCc1ccccc1. The summed E-state index contributed by atoms with van der Waals surface area (Å²) < 4.78 is 9.42. The van der Waals surface area contributed by atoms with E-state index < -0.39 is 5.97 Å². The van der Waals surface area contributed by atoms with Crippen molar-refractivity contribution in [3.8, 4) is 0 Å². The highest BCUT2D eigenvalue weighted by molar-refractivity contribution is 5.87. The van der Waals surface area contributed by atoms with Gasteiger partial charge in [0.15, 0.2) is 0 Å². The van der Waals surface area contributed by atoms with E-state index in [4.69, 9.17) is 9.84 Å². The number of esters is 2. The number of aliphatic hydroxyl groups is 1. The van der Waals surface area contributed by atoms with E-state index in [1.54, 1.807) is 13.8 Å². The number of rotatable bonds is 6. The summed E-state index contributed by atoms with van der Waals surface area (Å²) in [7, 11) is 0. The quantitative estimate of drug-likeness (QED) is 0.645. The van der Waals surface area contributed by atoms with Gasteiger partial charge in [0.2, 0.25) is 0 Å². The van der Waals surface area contributed by atoms with Crippen LogP contribution in [0.2, 0.25) is 0 Å². The molecule has 22 heavy (non-hydrogen) atoms. The molecule has 0 aliphatic heterocycles. The zero-order chi connectivity index (χ0) is 17.0. The van der Waals surface area contributed by atoms with Gasteiger partial charge in [0, 0.05) is 11.1 Å². The molecule has 0 fully saturated rings. The Morgan fingerprint density at radius 2 is 1.50 bits per heavy atom. The first kappa shape index (κ1) is 19.6. The molecule has 0 saturated carbocycles. The van der Waals surface area contributed by atoms with E-state index in [-0.39, 0.29) is 19.2 Å². The summed E-state index contributed by atoms with van der Waals surface area (Å²) in [4.78, 5) is 21.5. The van der Waals surface area contributed by atoms with Crippen LogP contribution in [0, 0.1) is 0 Å². The molecular weight excluding hydrogens is 284 g/mol. The Morgan fingerprint density at radius 1 is 1.00 bits per heavy atom. The van der Waals surface area contributed by atoms with E-state index in [1.165, 1.54) is 0 Å². The number of benzene rings is 1. The molecule has 120 valence electrons. The largest absolute Gasteiger partial charge is 0.460 e. The summed E-state index contributed by atoms with van der Waals surface area (Å²) >= 11 is 0. The zero-order valence-electron chi connectivity index (χ0n) is 13.0. The Kier molecular flexibility index (Phi) is 10.0. The molecule has 0 bridgehead atoms. The molecule has 0 spiro atoms. The van der Waals surface area contributed by atoms with Gasteiger partial charge < -0.3 is 14.6 Å². The van der Waals surface area contributed by atoms with Gasteiger partial charge in [-0.2, -0.15) is 0 Å². The molecule has 0 radical (unpaired) electrons. The summed E-state index contributed by atoms with van der Waals surface area (Å²) in [6.45, 7) is 10.3. The molecule has 0 aliphatic carbocycles. The van der Waals surface area contributed by atoms with Crippen molar-refractivity contribution in [3.63, 3.8) is 0 Å². The highest BCUT2D eigenvalue weighted by atomic mass is 16.5. The van der Waals surface area contributed by atoms with Crippen molar-refractivity contribution in [1.29, 1.82) is 0 Å². The first-order valence-electron chi connectivity index (χ1n) is 6.68. The van der Waals surface area contributed by atoms with Crippen LogP contribution in [0.15, 0.2) is 54.6 Å². The minimum Gasteiger partial charge on any atom is -0.460 e. The number of aliphatic hydroxyl groups excluding tert-OH is 1. The first-order valence-corrected chi connectivity index (χ1v) is 6.68. The van der Waals surface area contributed by atoms with Gasteiger partial charge in [-0.3, -0.25) is 0 Å². The molecule has 0 aliphatic rings. The first-order chi connectivity index (χ1) is 10.4. The van der Waals surface area contributed by atoms with Gasteiger partial charge in [-0.1, -0.05) is 43.5 Å². The van der Waals surface area contributed by atoms with Gasteiger partial charge >= 0.3 is 11.9 Å². The monoisotopic (exact) mass is 306 g/mol. The molecule has 1 aromatic carbocycles. The van der Waals surface area contributed by atoms with Crippen LogP contribution in [0.5, 0.6) is 0 Å². The third-order valence-electron chi connectivity index (χ3n) is 2.23. The maximum absolute atomic E-state index is 11.0. The zero-order valence-corrected chi connectivity index (χ0v) is 13.0. The lowest BCUT2D eigenvalue weighted by atomic mass is 10.2. The molecule has 0 aromatic heterocycles. The second kappa shape index (κ2) is 11.3. The molecule has 1 aromatic rings. The summed E-state index contributed by atoms with van der Waals surface area (Å²) in [5.74, 6) is -0.798. The summed E-state index contributed by atoms with van der Waals surface area (Å²) in [5, 5.41) is 8.19. The van der Waals surface area contributed by atoms with Crippen LogP contribution < -0.4 is 0 Å². The highest BCUT2D eigenvalue weighted by Crippen LogP contribution is 2.02. The van der Waals surface area contributed by atoms with Crippen LogP contribution in [0.3, 0.4) is 0 Å². The second-order valence-corrected chi connectivity index (χ2v) is 4.48. The summed E-state index contributed by atoms with van der Waals surface area (Å²) in [5.41, 5.74) is 1.76. The van der Waals surface area contributed by atoms with Crippen molar-refractivity contribution in [2.75, 3.05) is 13.2 Å². The van der Waals surface area contributed by atoms with Crippen LogP contribution in [-0.4, -0.2) is 30.3 Å². The number of hydrogen-bond acceptors (Lipinski definition) is 5. The minimum atomic E-state index is -0.455. The van der Waals surface area contributed by atoms with Crippen molar-refractivity contribution in [3.05, 3.63) is 60.2 Å². The van der Waals surface area contributed by atoms with Crippen LogP contribution >= 0.6 is 0 Å². The fraction of sp³-hybridized carbons (Fsp3) is 0.294. The van der Waals surface area contributed by atoms with Crippen molar-refractivity contribution in [2.45, 2.75) is 20.5 Å². The molecule has 0 amide bonds. The molecule has 5 heteroatoms. The average Bonchev–Trinajstić information content (AvgIpc) is 2.51. The van der Waals surface area contributed by atoms with Crippen LogP contribution in [0.1, 0.15) is 19.4 Å². The van der Waals surface area contributed by atoms with E-state index in [0.717, 1.165) is 5.56 Å². The molecular formula is C17H22O5. The smallest absolute Gasteiger partial charge is 0.333 e. The van der Waals surface area contributed by atoms with E-state index >= 15 is 0 Å². The fourth-order valence-electron chi connectivity index (χ4n) is 1.11. The van der Waals surface area contributed by atoms with Gasteiger partial charge in [-0.15, -0.1) is 0 Å². The van der Waals surface area contributed by atoms with Crippen molar-refractivity contribution >= 4 is 11.9 Å². The van der Waals surface area contributed by atoms with Crippen molar-refractivity contribution in [1.82, 2.24) is 0 Å². The van der Waals surface area contributed by atoms with Gasteiger partial charge in [0.25, 0.3) is 0 Å². The van der Waals surface area contributed by atoms with E-state index in [9.17, 15) is 9.59 Å². The summed E-state index contributed by atoms with van der Waals surface area (Å²) in [6.07, 6.45) is 0. The Morgan fingerprint density at radius 3 is 1.95 bits per heavy atom. The van der Waals surface area contributed by atoms with Crippen LogP contribution in [-0.2, 0) is 25.7 Å². The topological polar surface area (TPSA) is 72.8 Å². The van der Waals surface area contributed by atoms with E-state index in [1.807, 2.05) is 30.3 Å². The third kappa shape index (κ3) is 9.50. The maximum atomic E-state index is 11.0. The van der Waals surface area contributed by atoms with Gasteiger partial charge in [-0.25, -0.2) is 9.59 Å². The Balaban J connectivity index is 0.000000433. The lowest BCUT2D eigenvalue weighted by Gasteiger charge is -2.03. The molecule has 0 saturated heterocycles.